The summed E-state index contributed by atoms with van der Waals surface area (Å²) in [6.07, 6.45) is -0.922. The number of rotatable bonds is 2. The molecule has 0 saturated carbocycles. The van der Waals surface area contributed by atoms with Gasteiger partial charge in [-0.05, 0) is 35.2 Å². The highest BCUT2D eigenvalue weighted by Crippen LogP contribution is 2.49. The maximum atomic E-state index is 12.4. The minimum atomic E-state index is -2.17. The highest BCUT2D eigenvalue weighted by Gasteiger charge is 2.60. The quantitative estimate of drug-likeness (QED) is 0.536. The van der Waals surface area contributed by atoms with Gasteiger partial charge in [-0.2, -0.15) is 0 Å². The molecule has 3 rings (SSSR count). The van der Waals surface area contributed by atoms with Crippen molar-refractivity contribution in [1.29, 1.82) is 0 Å². The molecule has 0 fully saturated rings. The van der Waals surface area contributed by atoms with Crippen molar-refractivity contribution in [2.75, 3.05) is 0 Å². The normalized spacial score (nSPS) is 18.7. The standard InChI is InChI=1S/C19H17Cl4NO4/c1-17(2,3)11-4-7-13(8-5-11)26-16(25)24-19(18(21,22)23)27-14-9-6-12(20)10-15(14)28-19/h4-10H,1-3H3,(H,24,25). The summed E-state index contributed by atoms with van der Waals surface area (Å²) in [4.78, 5) is 12.4. The number of amides is 1. The summed E-state index contributed by atoms with van der Waals surface area (Å²) in [5, 5.41) is 2.74. The largest absolute Gasteiger partial charge is 0.428 e. The van der Waals surface area contributed by atoms with Gasteiger partial charge in [-0.1, -0.05) is 79.3 Å². The van der Waals surface area contributed by atoms with Crippen LogP contribution in [0.1, 0.15) is 26.3 Å². The van der Waals surface area contributed by atoms with E-state index in [9.17, 15) is 4.79 Å². The number of carbonyl (C=O) groups excluding carboxylic acids is 1. The van der Waals surface area contributed by atoms with Crippen molar-refractivity contribution in [2.45, 2.75) is 35.9 Å². The number of fused-ring (bicyclic) bond motifs is 1. The van der Waals surface area contributed by atoms with Gasteiger partial charge in [0.2, 0.25) is 0 Å². The summed E-state index contributed by atoms with van der Waals surface area (Å²) in [6, 6.07) is 11.7. The molecule has 0 radical (unpaired) electrons. The van der Waals surface area contributed by atoms with Gasteiger partial charge in [0.25, 0.3) is 3.79 Å². The minimum absolute atomic E-state index is 0.0289. The number of halogens is 4. The predicted octanol–water partition coefficient (Wildman–Crippen LogP) is 6.22. The summed E-state index contributed by atoms with van der Waals surface area (Å²) >= 11 is 24.0. The van der Waals surface area contributed by atoms with E-state index in [0.29, 0.717) is 10.8 Å². The number of hydrogen-bond donors (Lipinski definition) is 1. The maximum Gasteiger partial charge on any atom is 0.418 e. The van der Waals surface area contributed by atoms with Crippen molar-refractivity contribution in [2.24, 2.45) is 0 Å². The van der Waals surface area contributed by atoms with Gasteiger partial charge in [0.15, 0.2) is 11.5 Å². The molecule has 150 valence electrons. The van der Waals surface area contributed by atoms with Crippen LogP contribution in [0.3, 0.4) is 0 Å². The second-order valence-corrected chi connectivity index (χ2v) is 9.92. The number of carbonyl (C=O) groups is 1. The minimum Gasteiger partial charge on any atom is -0.428 e. The van der Waals surface area contributed by atoms with Crippen molar-refractivity contribution in [3.8, 4) is 17.2 Å². The first kappa shape index (κ1) is 21.2. The first-order valence-corrected chi connectivity index (χ1v) is 9.76. The Labute approximate surface area is 182 Å². The lowest BCUT2D eigenvalue weighted by Crippen LogP contribution is -2.64. The first-order valence-electron chi connectivity index (χ1n) is 8.24. The van der Waals surface area contributed by atoms with Crippen molar-refractivity contribution < 1.29 is 19.0 Å². The van der Waals surface area contributed by atoms with Gasteiger partial charge in [0.05, 0.1) is 0 Å². The molecule has 0 aromatic heterocycles. The number of alkyl halides is 3. The molecule has 1 N–H and O–H groups in total. The molecule has 2 aromatic rings. The Balaban J connectivity index is 1.77. The van der Waals surface area contributed by atoms with E-state index < -0.39 is 15.8 Å². The number of hydrogen-bond acceptors (Lipinski definition) is 4. The predicted molar refractivity (Wildman–Crippen MR) is 110 cm³/mol. The van der Waals surface area contributed by atoms with Crippen LogP contribution in [0, 0.1) is 0 Å². The molecule has 9 heteroatoms. The molecule has 1 heterocycles. The van der Waals surface area contributed by atoms with Crippen LogP contribution in [0.4, 0.5) is 4.79 Å². The average Bonchev–Trinajstić information content (AvgIpc) is 2.92. The van der Waals surface area contributed by atoms with E-state index in [4.69, 9.17) is 60.6 Å². The zero-order valence-electron chi connectivity index (χ0n) is 15.2. The Morgan fingerprint density at radius 1 is 1.00 bits per heavy atom. The van der Waals surface area contributed by atoms with Gasteiger partial charge in [0, 0.05) is 11.1 Å². The zero-order valence-corrected chi connectivity index (χ0v) is 18.2. The number of benzene rings is 2. The van der Waals surface area contributed by atoms with Gasteiger partial charge in [-0.15, -0.1) is 0 Å². The SMILES string of the molecule is CC(C)(C)c1ccc(OC(=O)NC2(C(Cl)(Cl)Cl)Oc3ccc(Cl)cc3O2)cc1. The zero-order chi connectivity index (χ0) is 20.7. The van der Waals surface area contributed by atoms with Crippen molar-refractivity contribution >= 4 is 52.5 Å². The Bertz CT molecular complexity index is 890. The fraction of sp³-hybridized carbons (Fsp3) is 0.316. The summed E-state index contributed by atoms with van der Waals surface area (Å²) in [5.74, 6) is -1.34. The van der Waals surface area contributed by atoms with Crippen LogP contribution >= 0.6 is 46.4 Å². The third kappa shape index (κ3) is 4.38. The molecule has 0 bridgehead atoms. The molecular weight excluding hydrogens is 448 g/mol. The topological polar surface area (TPSA) is 56.8 Å². The van der Waals surface area contributed by atoms with Crippen molar-refractivity contribution in [1.82, 2.24) is 5.32 Å². The van der Waals surface area contributed by atoms with Gasteiger partial charge in [0.1, 0.15) is 5.75 Å². The lowest BCUT2D eigenvalue weighted by molar-refractivity contribution is -0.0964. The second kappa shape index (κ2) is 7.38. The van der Waals surface area contributed by atoms with E-state index in [1.54, 1.807) is 18.2 Å². The maximum absolute atomic E-state index is 12.4. The molecule has 28 heavy (non-hydrogen) atoms. The highest BCUT2D eigenvalue weighted by atomic mass is 35.6. The monoisotopic (exact) mass is 463 g/mol. The molecule has 1 atom stereocenters. The fourth-order valence-electron chi connectivity index (χ4n) is 2.50. The Morgan fingerprint density at radius 3 is 2.18 bits per heavy atom. The van der Waals surface area contributed by atoms with Crippen LogP contribution in [-0.2, 0) is 5.41 Å². The lowest BCUT2D eigenvalue weighted by Gasteiger charge is -2.33. The summed E-state index contributed by atoms with van der Waals surface area (Å²) in [6.45, 7) is 6.25. The highest BCUT2D eigenvalue weighted by molar-refractivity contribution is 6.68. The van der Waals surface area contributed by atoms with Crippen LogP contribution in [0.2, 0.25) is 5.02 Å². The summed E-state index contributed by atoms with van der Waals surface area (Å²) in [7, 11) is 0. The molecule has 1 aliphatic heterocycles. The molecule has 5 nitrogen and oxygen atoms in total. The van der Waals surface area contributed by atoms with Crippen LogP contribution in [0.25, 0.3) is 0 Å². The fourth-order valence-corrected chi connectivity index (χ4v) is 3.04. The molecule has 0 spiro atoms. The Hall–Kier alpha value is -1.53. The van der Waals surface area contributed by atoms with E-state index in [1.165, 1.54) is 12.1 Å². The lowest BCUT2D eigenvalue weighted by atomic mass is 9.87. The van der Waals surface area contributed by atoms with Gasteiger partial charge in [-0.25, -0.2) is 10.1 Å². The Kier molecular flexibility index (Phi) is 5.58. The van der Waals surface area contributed by atoms with Crippen molar-refractivity contribution in [3.05, 3.63) is 53.1 Å². The molecule has 1 unspecified atom stereocenters. The summed E-state index contributed by atoms with van der Waals surface area (Å²) in [5.41, 5.74) is 1.06. The van der Waals surface area contributed by atoms with E-state index in [2.05, 4.69) is 26.1 Å². The van der Waals surface area contributed by atoms with Crippen LogP contribution in [-0.4, -0.2) is 15.8 Å². The van der Waals surface area contributed by atoms with Gasteiger partial charge < -0.3 is 14.2 Å². The third-order valence-corrected chi connectivity index (χ3v) is 4.97. The molecular formula is C19H17Cl4NO4. The van der Waals surface area contributed by atoms with E-state index >= 15 is 0 Å². The molecule has 1 aliphatic rings. The van der Waals surface area contributed by atoms with Crippen LogP contribution in [0.5, 0.6) is 17.2 Å². The molecule has 1 amide bonds. The van der Waals surface area contributed by atoms with Gasteiger partial charge >= 0.3 is 12.0 Å². The molecule has 2 aromatic carbocycles. The molecule has 0 aliphatic carbocycles. The van der Waals surface area contributed by atoms with E-state index in [-0.39, 0.29) is 16.9 Å². The average molecular weight is 465 g/mol. The number of ether oxygens (including phenoxy) is 3. The first-order chi connectivity index (χ1) is 12.9. The van der Waals surface area contributed by atoms with E-state index in [1.807, 2.05) is 12.1 Å². The third-order valence-electron chi connectivity index (χ3n) is 3.98. The van der Waals surface area contributed by atoms with Gasteiger partial charge in [-0.3, -0.25) is 0 Å². The van der Waals surface area contributed by atoms with Crippen LogP contribution in [0.15, 0.2) is 42.5 Å². The Morgan fingerprint density at radius 2 is 1.61 bits per heavy atom. The van der Waals surface area contributed by atoms with Crippen LogP contribution < -0.4 is 19.5 Å². The second-order valence-electron chi connectivity index (χ2n) is 7.20. The number of nitrogens with one attached hydrogen (secondary N) is 1. The van der Waals surface area contributed by atoms with Crippen molar-refractivity contribution in [3.63, 3.8) is 0 Å². The molecule has 0 saturated heterocycles. The van der Waals surface area contributed by atoms with E-state index in [0.717, 1.165) is 5.56 Å². The smallest absolute Gasteiger partial charge is 0.418 e. The summed E-state index contributed by atoms with van der Waals surface area (Å²) < 4.78 is 14.3.